The van der Waals surface area contributed by atoms with Crippen molar-refractivity contribution in [3.63, 3.8) is 0 Å². The molecule has 1 aromatic heterocycles. The van der Waals surface area contributed by atoms with Crippen LogP contribution in [-0.2, 0) is 22.7 Å². The van der Waals surface area contributed by atoms with Crippen molar-refractivity contribution in [2.75, 3.05) is 7.11 Å². The van der Waals surface area contributed by atoms with Gasteiger partial charge < -0.3 is 14.9 Å². The summed E-state index contributed by atoms with van der Waals surface area (Å²) in [7, 11) is 1.31. The van der Waals surface area contributed by atoms with Crippen molar-refractivity contribution in [2.24, 2.45) is 5.16 Å². The van der Waals surface area contributed by atoms with Crippen molar-refractivity contribution in [1.29, 1.82) is 0 Å². The Hall–Kier alpha value is -2.60. The van der Waals surface area contributed by atoms with Crippen LogP contribution < -0.4 is 5.32 Å². The van der Waals surface area contributed by atoms with E-state index in [1.807, 2.05) is 44.2 Å². The van der Waals surface area contributed by atoms with Crippen LogP contribution in [0.15, 0.2) is 41.6 Å². The van der Waals surface area contributed by atoms with E-state index >= 15 is 0 Å². The zero-order valence-corrected chi connectivity index (χ0v) is 15.1. The normalized spacial score (nSPS) is 10.7. The summed E-state index contributed by atoms with van der Waals surface area (Å²) < 4.78 is 4.55. The molecule has 0 aliphatic carbocycles. The van der Waals surface area contributed by atoms with Crippen LogP contribution in [0, 0.1) is 6.92 Å². The highest BCUT2D eigenvalue weighted by Crippen LogP contribution is 2.18. The number of carbonyl (C=O) groups excluding carboxylic acids is 1. The number of hydrogen-bond donors (Lipinski definition) is 1. The number of pyridine rings is 1. The predicted octanol–water partition coefficient (Wildman–Crippen LogP) is 4.48. The lowest BCUT2D eigenvalue weighted by molar-refractivity contribution is 0.127. The molecule has 0 spiro atoms. The molecule has 1 amide bonds. The molecule has 0 aliphatic rings. The Labute approximate surface area is 159 Å². The molecular formula is C19H24ClN3O3. The number of halogens is 1. The molecule has 1 aromatic carbocycles. The molecule has 1 heterocycles. The second-order valence-electron chi connectivity index (χ2n) is 5.37. The maximum absolute atomic E-state index is 11.2. The van der Waals surface area contributed by atoms with Crippen molar-refractivity contribution in [3.05, 3.63) is 63.9 Å². The fourth-order valence-corrected chi connectivity index (χ4v) is 2.29. The Morgan fingerprint density at radius 3 is 2.77 bits per heavy atom. The lowest BCUT2D eigenvalue weighted by atomic mass is 10.1. The quantitative estimate of drug-likeness (QED) is 0.595. The smallest absolute Gasteiger partial charge is 0.407 e. The molecular weight excluding hydrogens is 354 g/mol. The highest BCUT2D eigenvalue weighted by molar-refractivity contribution is 6.31. The topological polar surface area (TPSA) is 72.8 Å². The van der Waals surface area contributed by atoms with Gasteiger partial charge in [-0.2, -0.15) is 0 Å². The maximum atomic E-state index is 11.2. The molecule has 2 aromatic rings. The van der Waals surface area contributed by atoms with Crippen LogP contribution in [0.25, 0.3) is 0 Å². The summed E-state index contributed by atoms with van der Waals surface area (Å²) in [5.41, 5.74) is 4.06. The zero-order chi connectivity index (χ0) is 18.2. The van der Waals surface area contributed by atoms with Gasteiger partial charge in [0.05, 0.1) is 18.5 Å². The summed E-state index contributed by atoms with van der Waals surface area (Å²) in [6.07, 6.45) is -0.513. The third kappa shape index (κ3) is 6.37. The molecule has 1 N–H and O–H groups in total. The van der Waals surface area contributed by atoms with Gasteiger partial charge in [-0.15, -0.1) is 0 Å². The second kappa shape index (κ2) is 10.4. The average molecular weight is 378 g/mol. The monoisotopic (exact) mass is 377 g/mol. The number of alkyl carbamates (subject to hydrolysis) is 1. The molecule has 0 bridgehead atoms. The summed E-state index contributed by atoms with van der Waals surface area (Å²) in [5, 5.41) is 7.28. The molecule has 6 nitrogen and oxygen atoms in total. The number of nitrogens with zero attached hydrogens (tertiary/aromatic N) is 2. The molecule has 140 valence electrons. The molecule has 2 rings (SSSR count). The Morgan fingerprint density at radius 1 is 1.31 bits per heavy atom. The number of hydrogen-bond acceptors (Lipinski definition) is 5. The van der Waals surface area contributed by atoms with Crippen molar-refractivity contribution in [2.45, 2.75) is 34.4 Å². The van der Waals surface area contributed by atoms with Gasteiger partial charge in [-0.3, -0.25) is 4.98 Å². The Bertz CT molecular complexity index is 778. The van der Waals surface area contributed by atoms with E-state index in [0.29, 0.717) is 17.3 Å². The van der Waals surface area contributed by atoms with Gasteiger partial charge >= 0.3 is 6.09 Å². The first-order chi connectivity index (χ1) is 12.0. The van der Waals surface area contributed by atoms with Crippen LogP contribution in [0.1, 0.15) is 36.9 Å². The first-order valence-corrected chi connectivity index (χ1v) is 8.07. The molecule has 0 aliphatic heterocycles. The highest BCUT2D eigenvalue weighted by Gasteiger charge is 2.07. The van der Waals surface area contributed by atoms with Crippen LogP contribution >= 0.6 is 11.6 Å². The largest absolute Gasteiger partial charge is 0.453 e. The lowest BCUT2D eigenvalue weighted by Crippen LogP contribution is -2.22. The van der Waals surface area contributed by atoms with Gasteiger partial charge in [-0.25, -0.2) is 4.79 Å². The van der Waals surface area contributed by atoms with Crippen molar-refractivity contribution in [1.82, 2.24) is 10.3 Å². The van der Waals surface area contributed by atoms with Crippen LogP contribution in [0.2, 0.25) is 5.02 Å². The molecule has 0 unspecified atom stereocenters. The summed E-state index contributed by atoms with van der Waals surface area (Å²) in [4.78, 5) is 20.9. The number of benzene rings is 1. The molecule has 0 saturated carbocycles. The molecule has 0 radical (unpaired) electrons. The van der Waals surface area contributed by atoms with E-state index in [-0.39, 0.29) is 14.0 Å². The van der Waals surface area contributed by atoms with Crippen LogP contribution in [0.3, 0.4) is 0 Å². The van der Waals surface area contributed by atoms with Gasteiger partial charge in [0.1, 0.15) is 0 Å². The third-order valence-electron chi connectivity index (χ3n) is 3.43. The van der Waals surface area contributed by atoms with Crippen molar-refractivity contribution < 1.29 is 14.4 Å². The van der Waals surface area contributed by atoms with Crippen LogP contribution in [-0.4, -0.2) is 23.9 Å². The minimum Gasteiger partial charge on any atom is -0.453 e. The van der Waals surface area contributed by atoms with Crippen LogP contribution in [0.5, 0.6) is 0 Å². The van der Waals surface area contributed by atoms with Gasteiger partial charge in [0.2, 0.25) is 0 Å². The predicted molar refractivity (Wildman–Crippen MR) is 103 cm³/mol. The number of rotatable bonds is 6. The molecule has 26 heavy (non-hydrogen) atoms. The SMILES string of the molecule is C.COC(=O)NCc1cc(/C(C)=N/OCc2cccc(C)n2)ccc1Cl. The highest BCUT2D eigenvalue weighted by atomic mass is 35.5. The van der Waals surface area contributed by atoms with Gasteiger partial charge in [-0.05, 0) is 49.2 Å². The molecule has 7 heteroatoms. The number of amides is 1. The first kappa shape index (κ1) is 21.4. The van der Waals surface area contributed by atoms with Gasteiger partial charge in [0.15, 0.2) is 6.61 Å². The van der Waals surface area contributed by atoms with E-state index in [1.54, 1.807) is 6.07 Å². The number of aryl methyl sites for hydroxylation is 1. The van der Waals surface area contributed by atoms with E-state index in [1.165, 1.54) is 7.11 Å². The second-order valence-corrected chi connectivity index (χ2v) is 5.78. The van der Waals surface area contributed by atoms with E-state index < -0.39 is 6.09 Å². The number of oxime groups is 1. The molecule has 0 fully saturated rings. The maximum Gasteiger partial charge on any atom is 0.407 e. The van der Waals surface area contributed by atoms with E-state index in [2.05, 4.69) is 20.2 Å². The van der Waals surface area contributed by atoms with Crippen LogP contribution in [0.4, 0.5) is 4.79 Å². The Kier molecular flexibility index (Phi) is 8.58. The third-order valence-corrected chi connectivity index (χ3v) is 3.80. The number of aromatic nitrogens is 1. The van der Waals surface area contributed by atoms with E-state index in [9.17, 15) is 4.79 Å². The summed E-state index contributed by atoms with van der Waals surface area (Å²) in [5.74, 6) is 0. The minimum absolute atomic E-state index is 0. The molecule has 0 saturated heterocycles. The Morgan fingerprint density at radius 2 is 2.08 bits per heavy atom. The van der Waals surface area contributed by atoms with Gasteiger partial charge in [-0.1, -0.05) is 36.3 Å². The Balaban J connectivity index is 0.00000338. The van der Waals surface area contributed by atoms with E-state index in [0.717, 1.165) is 22.5 Å². The number of nitrogens with one attached hydrogen (secondary N) is 1. The number of methoxy groups -OCH3 is 1. The fraction of sp³-hybridized carbons (Fsp3) is 0.316. The van der Waals surface area contributed by atoms with Gasteiger partial charge in [0, 0.05) is 17.3 Å². The standard InChI is InChI=1S/C18H20ClN3O3.CH4/c1-12-5-4-6-16(21-12)11-25-22-13(2)14-7-8-17(19)15(9-14)10-20-18(23)24-3;/h4-9H,10-11H2,1-3H3,(H,20,23);1H4/b22-13+;. The van der Waals surface area contributed by atoms with Crippen molar-refractivity contribution in [3.8, 4) is 0 Å². The molecule has 0 atom stereocenters. The van der Waals surface area contributed by atoms with Gasteiger partial charge in [0.25, 0.3) is 0 Å². The minimum atomic E-state index is -0.513. The summed E-state index contributed by atoms with van der Waals surface area (Å²) in [6.45, 7) is 4.32. The average Bonchev–Trinajstić information content (AvgIpc) is 2.60. The summed E-state index contributed by atoms with van der Waals surface area (Å²) in [6, 6.07) is 11.2. The van der Waals surface area contributed by atoms with Crippen molar-refractivity contribution >= 4 is 23.4 Å². The number of ether oxygens (including phenoxy) is 1. The summed E-state index contributed by atoms with van der Waals surface area (Å²) >= 11 is 6.16. The fourth-order valence-electron chi connectivity index (χ4n) is 2.10. The first-order valence-electron chi connectivity index (χ1n) is 7.69. The lowest BCUT2D eigenvalue weighted by Gasteiger charge is -2.09. The van der Waals surface area contributed by atoms with E-state index in [4.69, 9.17) is 16.4 Å². The zero-order valence-electron chi connectivity index (χ0n) is 14.4. The number of carbonyl (C=O) groups is 1.